The molecule has 0 atom stereocenters. The summed E-state index contributed by atoms with van der Waals surface area (Å²) in [7, 11) is 0. The van der Waals surface area contributed by atoms with Crippen LogP contribution >= 0.6 is 0 Å². The Bertz CT molecular complexity index is 1330. The highest BCUT2D eigenvalue weighted by Gasteiger charge is 2.20. The van der Waals surface area contributed by atoms with Gasteiger partial charge in [0, 0.05) is 28.6 Å². The monoisotopic (exact) mass is 428 g/mol. The van der Waals surface area contributed by atoms with Crippen LogP contribution in [0.4, 0.5) is 14.5 Å². The molecule has 4 rings (SSSR count). The van der Waals surface area contributed by atoms with Crippen molar-refractivity contribution < 1.29 is 13.6 Å². The molecule has 0 fully saturated rings. The van der Waals surface area contributed by atoms with Crippen LogP contribution in [0.15, 0.2) is 72.9 Å². The van der Waals surface area contributed by atoms with Gasteiger partial charge in [0.05, 0.1) is 11.3 Å². The Kier molecular flexibility index (Phi) is 5.82. The summed E-state index contributed by atoms with van der Waals surface area (Å²) < 4.78 is 28.8. The summed E-state index contributed by atoms with van der Waals surface area (Å²) in [5, 5.41) is 2.78. The summed E-state index contributed by atoms with van der Waals surface area (Å²) in [6.07, 6.45) is 1.71. The number of hydrogen-bond acceptors (Lipinski definition) is 2. The summed E-state index contributed by atoms with van der Waals surface area (Å²) in [4.78, 5) is 17.7. The van der Waals surface area contributed by atoms with E-state index in [1.807, 2.05) is 45.0 Å². The van der Waals surface area contributed by atoms with Gasteiger partial charge in [0.2, 0.25) is 0 Å². The van der Waals surface area contributed by atoms with Gasteiger partial charge in [0.25, 0.3) is 5.91 Å². The molecular weight excluding hydrogens is 406 g/mol. The minimum absolute atomic E-state index is 0.137. The number of benzene rings is 3. The standard InChI is InChI=1S/C27H22F2N2O/c1-16-12-13-30-24(14-16)25-17(2)8-9-18(3)26(25)27(32)31-19-10-11-21(23(29)15-19)20-6-4-5-7-22(20)28/h4-15H,1-3H3,(H,31,32). The van der Waals surface area contributed by atoms with Crippen LogP contribution in [0.2, 0.25) is 0 Å². The topological polar surface area (TPSA) is 42.0 Å². The number of rotatable bonds is 4. The molecule has 0 aliphatic rings. The van der Waals surface area contributed by atoms with Gasteiger partial charge in [-0.3, -0.25) is 9.78 Å². The van der Waals surface area contributed by atoms with Crippen molar-refractivity contribution in [1.29, 1.82) is 0 Å². The lowest BCUT2D eigenvalue weighted by Crippen LogP contribution is -2.16. The van der Waals surface area contributed by atoms with E-state index in [4.69, 9.17) is 0 Å². The van der Waals surface area contributed by atoms with E-state index in [1.54, 1.807) is 24.4 Å². The molecule has 4 aromatic rings. The number of carbonyl (C=O) groups is 1. The van der Waals surface area contributed by atoms with E-state index in [2.05, 4.69) is 10.3 Å². The first-order valence-electron chi connectivity index (χ1n) is 10.2. The molecule has 3 aromatic carbocycles. The zero-order chi connectivity index (χ0) is 22.8. The van der Waals surface area contributed by atoms with Gasteiger partial charge in [-0.25, -0.2) is 8.78 Å². The number of pyridine rings is 1. The molecule has 0 aliphatic carbocycles. The summed E-state index contributed by atoms with van der Waals surface area (Å²) in [6, 6.07) is 17.9. The fraction of sp³-hybridized carbons (Fsp3) is 0.111. The van der Waals surface area contributed by atoms with E-state index in [0.29, 0.717) is 11.3 Å². The third kappa shape index (κ3) is 4.14. The molecule has 1 N–H and O–H groups in total. The smallest absolute Gasteiger partial charge is 0.256 e. The number of anilines is 1. The third-order valence-corrected chi connectivity index (χ3v) is 5.41. The maximum atomic E-state index is 14.8. The molecule has 0 radical (unpaired) electrons. The number of carbonyl (C=O) groups excluding carboxylic acids is 1. The van der Waals surface area contributed by atoms with Crippen LogP contribution < -0.4 is 5.32 Å². The summed E-state index contributed by atoms with van der Waals surface area (Å²) in [5.74, 6) is -1.48. The number of nitrogens with one attached hydrogen (secondary N) is 1. The second-order valence-electron chi connectivity index (χ2n) is 7.80. The highest BCUT2D eigenvalue weighted by molar-refractivity contribution is 6.10. The van der Waals surface area contributed by atoms with Crippen molar-refractivity contribution in [2.24, 2.45) is 0 Å². The Hall–Kier alpha value is -3.86. The van der Waals surface area contributed by atoms with Crippen molar-refractivity contribution in [2.45, 2.75) is 20.8 Å². The number of hydrogen-bond donors (Lipinski definition) is 1. The van der Waals surface area contributed by atoms with Gasteiger partial charge >= 0.3 is 0 Å². The first kappa shape index (κ1) is 21.4. The van der Waals surface area contributed by atoms with Gasteiger partial charge < -0.3 is 5.32 Å². The van der Waals surface area contributed by atoms with Crippen LogP contribution in [0.25, 0.3) is 22.4 Å². The predicted molar refractivity (Wildman–Crippen MR) is 124 cm³/mol. The van der Waals surface area contributed by atoms with Crippen molar-refractivity contribution in [3.8, 4) is 22.4 Å². The normalized spacial score (nSPS) is 10.8. The van der Waals surface area contributed by atoms with Gasteiger partial charge in [0.15, 0.2) is 0 Å². The maximum Gasteiger partial charge on any atom is 0.256 e. The second kappa shape index (κ2) is 8.71. The fourth-order valence-electron chi connectivity index (χ4n) is 3.79. The van der Waals surface area contributed by atoms with Gasteiger partial charge in [-0.2, -0.15) is 0 Å². The highest BCUT2D eigenvalue weighted by atomic mass is 19.1. The summed E-state index contributed by atoms with van der Waals surface area (Å²) in [5.41, 5.74) is 5.27. The predicted octanol–water partition coefficient (Wildman–Crippen LogP) is 6.87. The van der Waals surface area contributed by atoms with E-state index >= 15 is 0 Å². The minimum atomic E-state index is -0.616. The van der Waals surface area contributed by atoms with Gasteiger partial charge in [-0.1, -0.05) is 30.3 Å². The van der Waals surface area contributed by atoms with Gasteiger partial charge in [-0.15, -0.1) is 0 Å². The molecule has 1 heterocycles. The van der Waals surface area contributed by atoms with Crippen LogP contribution in [0.1, 0.15) is 27.0 Å². The van der Waals surface area contributed by atoms with E-state index in [-0.39, 0.29) is 22.7 Å². The zero-order valence-electron chi connectivity index (χ0n) is 18.0. The Morgan fingerprint density at radius 2 is 1.53 bits per heavy atom. The Morgan fingerprint density at radius 1 is 0.812 bits per heavy atom. The molecule has 1 amide bonds. The molecule has 0 unspecified atom stereocenters. The number of halogens is 2. The molecule has 32 heavy (non-hydrogen) atoms. The van der Waals surface area contributed by atoms with E-state index in [9.17, 15) is 13.6 Å². The minimum Gasteiger partial charge on any atom is -0.322 e. The average molecular weight is 428 g/mol. The first-order chi connectivity index (χ1) is 15.3. The van der Waals surface area contributed by atoms with Crippen LogP contribution in [0, 0.1) is 32.4 Å². The lowest BCUT2D eigenvalue weighted by atomic mass is 9.93. The second-order valence-corrected chi connectivity index (χ2v) is 7.80. The molecule has 5 heteroatoms. The van der Waals surface area contributed by atoms with Crippen molar-refractivity contribution >= 4 is 11.6 Å². The third-order valence-electron chi connectivity index (χ3n) is 5.41. The van der Waals surface area contributed by atoms with E-state index in [0.717, 1.165) is 22.3 Å². The molecule has 0 aliphatic heterocycles. The van der Waals surface area contributed by atoms with Crippen LogP contribution in [-0.2, 0) is 0 Å². The molecule has 0 spiro atoms. The SMILES string of the molecule is Cc1ccnc(-c2c(C)ccc(C)c2C(=O)Nc2ccc(-c3ccccc3F)c(F)c2)c1. The first-order valence-corrected chi connectivity index (χ1v) is 10.2. The average Bonchev–Trinajstić information content (AvgIpc) is 2.76. The van der Waals surface area contributed by atoms with Crippen molar-refractivity contribution in [1.82, 2.24) is 4.98 Å². The fourth-order valence-corrected chi connectivity index (χ4v) is 3.79. The zero-order valence-corrected chi connectivity index (χ0v) is 18.0. The van der Waals surface area contributed by atoms with Crippen molar-refractivity contribution in [2.75, 3.05) is 5.32 Å². The number of aromatic nitrogens is 1. The number of aryl methyl sites for hydroxylation is 3. The lowest BCUT2D eigenvalue weighted by molar-refractivity contribution is 0.102. The van der Waals surface area contributed by atoms with E-state index < -0.39 is 11.6 Å². The quantitative estimate of drug-likeness (QED) is 0.385. The molecule has 160 valence electrons. The Labute approximate surface area is 185 Å². The summed E-state index contributed by atoms with van der Waals surface area (Å²) >= 11 is 0. The van der Waals surface area contributed by atoms with Crippen molar-refractivity contribution in [3.63, 3.8) is 0 Å². The Morgan fingerprint density at radius 3 is 2.25 bits per heavy atom. The molecule has 3 nitrogen and oxygen atoms in total. The van der Waals surface area contributed by atoms with Crippen molar-refractivity contribution in [3.05, 3.63) is 107 Å². The van der Waals surface area contributed by atoms with Crippen LogP contribution in [0.5, 0.6) is 0 Å². The molecule has 0 bridgehead atoms. The summed E-state index contributed by atoms with van der Waals surface area (Å²) in [6.45, 7) is 5.75. The van der Waals surface area contributed by atoms with Gasteiger partial charge in [-0.05, 0) is 73.9 Å². The van der Waals surface area contributed by atoms with E-state index in [1.165, 1.54) is 24.3 Å². The number of amides is 1. The molecule has 1 aromatic heterocycles. The number of nitrogens with zero attached hydrogens (tertiary/aromatic N) is 1. The molecule has 0 saturated carbocycles. The Balaban J connectivity index is 1.70. The molecular formula is C27H22F2N2O. The molecule has 0 saturated heterocycles. The largest absolute Gasteiger partial charge is 0.322 e. The lowest BCUT2D eigenvalue weighted by Gasteiger charge is -2.16. The van der Waals surface area contributed by atoms with Crippen LogP contribution in [-0.4, -0.2) is 10.9 Å². The maximum absolute atomic E-state index is 14.8. The van der Waals surface area contributed by atoms with Gasteiger partial charge in [0.1, 0.15) is 11.6 Å². The highest BCUT2D eigenvalue weighted by Crippen LogP contribution is 2.31. The van der Waals surface area contributed by atoms with Crippen LogP contribution in [0.3, 0.4) is 0 Å².